The average Bonchev–Trinajstić information content (AvgIpc) is 3.83. The Hall–Kier alpha value is -6.93. The number of amides is 7. The molecule has 20 heteroatoms. The lowest BCUT2D eigenvalue weighted by molar-refractivity contribution is -0.145. The fraction of sp³-hybridized carbons (Fsp3) is 0.490. The van der Waals surface area contributed by atoms with Gasteiger partial charge in [0.25, 0.3) is 11.8 Å². The van der Waals surface area contributed by atoms with Gasteiger partial charge in [-0.15, -0.1) is 0 Å². The SMILES string of the molecule is CCOCc1nc2c(N)nc3ccccc3c2n1CC(C)(C)OCCCC(=O)OCc1ccc(NC(=O)[C@H](CCCNC(N)=O)NC(=O)[C@@H](NC(=O)CCCCCN2C(=O)C=CC2=O)C(C)C)cc1. The second kappa shape index (κ2) is 25.4. The lowest BCUT2D eigenvalue weighted by atomic mass is 10.0. The lowest BCUT2D eigenvalue weighted by Crippen LogP contribution is -2.54. The van der Waals surface area contributed by atoms with Crippen LogP contribution >= 0.6 is 0 Å². The van der Waals surface area contributed by atoms with Crippen molar-refractivity contribution in [2.45, 2.75) is 123 Å². The molecule has 0 bridgehead atoms. The number of imidazole rings is 1. The van der Waals surface area contributed by atoms with Gasteiger partial charge in [-0.3, -0.25) is 33.7 Å². The van der Waals surface area contributed by atoms with Crippen molar-refractivity contribution in [1.82, 2.24) is 35.4 Å². The fourth-order valence-electron chi connectivity index (χ4n) is 7.73. The third-order valence-corrected chi connectivity index (χ3v) is 11.4. The predicted octanol–water partition coefficient (Wildman–Crippen LogP) is 4.52. The number of nitrogens with one attached hydrogen (secondary N) is 4. The van der Waals surface area contributed by atoms with Crippen molar-refractivity contribution in [3.8, 4) is 0 Å². The van der Waals surface area contributed by atoms with Gasteiger partial charge in [0.05, 0.1) is 23.2 Å². The number of aromatic nitrogens is 3. The third-order valence-electron chi connectivity index (χ3n) is 11.4. The molecule has 0 saturated carbocycles. The van der Waals surface area contributed by atoms with E-state index >= 15 is 0 Å². The number of para-hydroxylation sites is 1. The number of fused-ring (bicyclic) bond motifs is 3. The van der Waals surface area contributed by atoms with Gasteiger partial charge in [-0.2, -0.15) is 0 Å². The smallest absolute Gasteiger partial charge is 0.312 e. The summed E-state index contributed by atoms with van der Waals surface area (Å²) >= 11 is 0. The Balaban J connectivity index is 1.08. The van der Waals surface area contributed by atoms with Crippen LogP contribution in [0.15, 0.2) is 60.7 Å². The van der Waals surface area contributed by atoms with Gasteiger partial charge in [0.1, 0.15) is 36.6 Å². The molecule has 7 amide bonds. The first kappa shape index (κ1) is 53.0. The number of nitrogens with two attached hydrogens (primary N) is 2. The molecule has 1 aliphatic heterocycles. The van der Waals surface area contributed by atoms with Crippen LogP contribution in [0, 0.1) is 5.92 Å². The summed E-state index contributed by atoms with van der Waals surface area (Å²) in [5, 5.41) is 11.7. The van der Waals surface area contributed by atoms with Crippen LogP contribution in [0.1, 0.15) is 97.4 Å². The van der Waals surface area contributed by atoms with E-state index in [1.165, 1.54) is 12.2 Å². The van der Waals surface area contributed by atoms with Crippen molar-refractivity contribution in [3.63, 3.8) is 0 Å². The molecule has 2 aromatic heterocycles. The number of nitrogen functional groups attached to an aromatic ring is 1. The number of anilines is 2. The standard InChI is InChI=1S/C49H66N10O10/c1-6-67-29-37-56-43-44(34-14-9-10-15-35(34)54-45(43)50)59(37)30-49(4,5)69-27-13-18-41(63)68-28-32-19-21-33(22-20-32)53-46(64)36(16-12-25-52-48(51)66)55-47(65)42(31(2)3)57-38(60)17-8-7-11-26-58-39(61)23-24-40(58)62/h9-10,14-15,19-24,31,36,42H,6-8,11-13,16-18,25-30H2,1-5H3,(H2,50,54)(H,53,64)(H,55,65)(H,57,60)(H3,51,52,66)/t36-,42-/m0/s1. The number of carbonyl (C=O) groups is 7. The lowest BCUT2D eigenvalue weighted by Gasteiger charge is -2.27. The molecule has 0 saturated heterocycles. The molecule has 2 atom stereocenters. The van der Waals surface area contributed by atoms with Gasteiger partial charge in [-0.1, -0.05) is 50.6 Å². The zero-order chi connectivity index (χ0) is 50.1. The quantitative estimate of drug-likeness (QED) is 0.0260. The van der Waals surface area contributed by atoms with Crippen molar-refractivity contribution in [1.29, 1.82) is 0 Å². The Kier molecular flexibility index (Phi) is 19.6. The van der Waals surface area contributed by atoms with Crippen LogP contribution in [0.4, 0.5) is 16.3 Å². The van der Waals surface area contributed by atoms with Gasteiger partial charge in [0.15, 0.2) is 5.82 Å². The van der Waals surface area contributed by atoms with Crippen molar-refractivity contribution in [2.75, 3.05) is 37.4 Å². The Bertz CT molecular complexity index is 2470. The first-order valence-corrected chi connectivity index (χ1v) is 23.4. The van der Waals surface area contributed by atoms with Gasteiger partial charge in [-0.05, 0) is 82.6 Å². The normalized spacial score (nSPS) is 13.5. The van der Waals surface area contributed by atoms with Gasteiger partial charge < -0.3 is 51.5 Å². The number of unbranched alkanes of at least 4 members (excludes halogenated alkanes) is 2. The van der Waals surface area contributed by atoms with Gasteiger partial charge in [0, 0.05) is 62.4 Å². The van der Waals surface area contributed by atoms with Crippen LogP contribution in [-0.2, 0) is 62.7 Å². The monoisotopic (exact) mass is 954 g/mol. The van der Waals surface area contributed by atoms with Crippen molar-refractivity contribution < 1.29 is 47.8 Å². The number of ether oxygens (including phenoxy) is 3. The second-order valence-electron chi connectivity index (χ2n) is 17.8. The molecule has 69 heavy (non-hydrogen) atoms. The Morgan fingerprint density at radius 3 is 2.26 bits per heavy atom. The molecule has 2 aromatic carbocycles. The predicted molar refractivity (Wildman–Crippen MR) is 259 cm³/mol. The van der Waals surface area contributed by atoms with E-state index in [1.54, 1.807) is 38.1 Å². The van der Waals surface area contributed by atoms with Crippen molar-refractivity contribution >= 4 is 75.0 Å². The van der Waals surface area contributed by atoms with Crippen LogP contribution in [0.5, 0.6) is 0 Å². The molecule has 20 nitrogen and oxygen atoms in total. The van der Waals surface area contributed by atoms with Crippen molar-refractivity contribution in [2.24, 2.45) is 11.7 Å². The summed E-state index contributed by atoms with van der Waals surface area (Å²) in [5.74, 6) is -1.81. The van der Waals surface area contributed by atoms with Crippen LogP contribution in [-0.4, -0.2) is 105 Å². The number of primary amides is 1. The third kappa shape index (κ3) is 15.8. The summed E-state index contributed by atoms with van der Waals surface area (Å²) in [7, 11) is 0. The van der Waals surface area contributed by atoms with Crippen LogP contribution in [0.2, 0.25) is 0 Å². The Morgan fingerprint density at radius 2 is 1.57 bits per heavy atom. The molecule has 8 N–H and O–H groups in total. The average molecular weight is 955 g/mol. The highest BCUT2D eigenvalue weighted by atomic mass is 16.5. The summed E-state index contributed by atoms with van der Waals surface area (Å²) in [6.07, 6.45) is 5.20. The Morgan fingerprint density at radius 1 is 0.841 bits per heavy atom. The summed E-state index contributed by atoms with van der Waals surface area (Å²) in [5.41, 5.74) is 14.2. The number of pyridine rings is 1. The molecule has 0 radical (unpaired) electrons. The minimum Gasteiger partial charge on any atom is -0.461 e. The zero-order valence-corrected chi connectivity index (χ0v) is 40.1. The number of benzene rings is 2. The maximum absolute atomic E-state index is 13.6. The largest absolute Gasteiger partial charge is 0.461 e. The molecule has 5 rings (SSSR count). The van der Waals surface area contributed by atoms with E-state index in [2.05, 4.69) is 30.8 Å². The first-order valence-electron chi connectivity index (χ1n) is 23.4. The van der Waals surface area contributed by atoms with Gasteiger partial charge in [-0.25, -0.2) is 14.8 Å². The van der Waals surface area contributed by atoms with Crippen LogP contribution in [0.25, 0.3) is 21.9 Å². The summed E-state index contributed by atoms with van der Waals surface area (Å²) in [4.78, 5) is 98.0. The number of rotatable bonds is 28. The fourth-order valence-corrected chi connectivity index (χ4v) is 7.73. The van der Waals surface area contributed by atoms with Crippen molar-refractivity contribution in [3.05, 3.63) is 72.1 Å². The van der Waals surface area contributed by atoms with E-state index < -0.39 is 41.5 Å². The molecular formula is C49H66N10O10. The van der Waals surface area contributed by atoms with E-state index in [9.17, 15) is 33.6 Å². The molecular weight excluding hydrogens is 889 g/mol. The highest BCUT2D eigenvalue weighted by molar-refractivity contribution is 6.13. The number of imide groups is 1. The van der Waals surface area contributed by atoms with Gasteiger partial charge >= 0.3 is 12.0 Å². The Labute approximate surface area is 401 Å². The molecule has 1 aliphatic rings. The molecule has 0 unspecified atom stereocenters. The summed E-state index contributed by atoms with van der Waals surface area (Å²) in [6.45, 7) is 11.4. The summed E-state index contributed by atoms with van der Waals surface area (Å²) in [6, 6.07) is 11.8. The second-order valence-corrected chi connectivity index (χ2v) is 17.8. The molecule has 3 heterocycles. The molecule has 0 fully saturated rings. The number of urea groups is 1. The zero-order valence-electron chi connectivity index (χ0n) is 40.1. The number of carbonyl (C=O) groups excluding carboxylic acids is 7. The van der Waals surface area contributed by atoms with E-state index in [0.29, 0.717) is 86.9 Å². The van der Waals surface area contributed by atoms with E-state index in [0.717, 1.165) is 21.3 Å². The maximum atomic E-state index is 13.6. The minimum atomic E-state index is -1.04. The molecule has 372 valence electrons. The number of esters is 1. The highest BCUT2D eigenvalue weighted by Gasteiger charge is 2.30. The van der Waals surface area contributed by atoms with E-state index in [1.807, 2.05) is 45.0 Å². The number of hydrogen-bond acceptors (Lipinski definition) is 13. The van der Waals surface area contributed by atoms with E-state index in [4.69, 9.17) is 30.7 Å². The van der Waals surface area contributed by atoms with Gasteiger partial charge in [0.2, 0.25) is 17.7 Å². The van der Waals surface area contributed by atoms with Crippen LogP contribution in [0.3, 0.4) is 0 Å². The number of nitrogens with zero attached hydrogens (tertiary/aromatic N) is 4. The molecule has 4 aromatic rings. The molecule has 0 aliphatic carbocycles. The van der Waals surface area contributed by atoms with E-state index in [-0.39, 0.29) is 62.6 Å². The van der Waals surface area contributed by atoms with Crippen LogP contribution < -0.4 is 32.7 Å². The minimum absolute atomic E-state index is 0.00780. The first-order chi connectivity index (χ1) is 33.0. The summed E-state index contributed by atoms with van der Waals surface area (Å²) < 4.78 is 19.7. The topological polar surface area (TPSA) is 281 Å². The molecule has 0 spiro atoms. The number of hydrogen-bond donors (Lipinski definition) is 6. The maximum Gasteiger partial charge on any atom is 0.312 e. The highest BCUT2D eigenvalue weighted by Crippen LogP contribution is 2.31.